The number of thiocarbonyl (C=S) groups is 1. The molecule has 2 rings (SSSR count). The van der Waals surface area contributed by atoms with Gasteiger partial charge in [-0.1, -0.05) is 12.2 Å². The number of hydrogen-bond acceptors (Lipinski definition) is 4. The molecule has 0 aromatic carbocycles. The first-order valence-electron chi connectivity index (χ1n) is 4.48. The predicted octanol–water partition coefficient (Wildman–Crippen LogP) is 1.65. The number of hydrogen-bond donors (Lipinski definition) is 3. The molecule has 4 N–H and O–H groups in total. The van der Waals surface area contributed by atoms with E-state index in [2.05, 4.69) is 31.4 Å². The van der Waals surface area contributed by atoms with E-state index in [9.17, 15) is 4.79 Å². The molecular weight excluding hydrogens is 308 g/mol. The van der Waals surface area contributed by atoms with Crippen LogP contribution >= 0.6 is 28.1 Å². The zero-order valence-electron chi connectivity index (χ0n) is 8.36. The van der Waals surface area contributed by atoms with E-state index in [4.69, 9.17) is 22.4 Å². The van der Waals surface area contributed by atoms with Crippen molar-refractivity contribution < 1.29 is 9.21 Å². The molecule has 0 atom stereocenters. The van der Waals surface area contributed by atoms with Crippen molar-refractivity contribution >= 4 is 44.9 Å². The molecule has 1 amide bonds. The van der Waals surface area contributed by atoms with Crippen molar-refractivity contribution in [1.82, 2.24) is 10.2 Å². The van der Waals surface area contributed by atoms with E-state index >= 15 is 0 Å². The number of carbonyl (C=O) groups excluding carboxylic acids is 1. The van der Waals surface area contributed by atoms with E-state index in [1.54, 1.807) is 6.07 Å². The van der Waals surface area contributed by atoms with E-state index in [-0.39, 0.29) is 10.7 Å². The lowest BCUT2D eigenvalue weighted by Crippen LogP contribution is -2.16. The van der Waals surface area contributed by atoms with Gasteiger partial charge in [-0.05, 0) is 28.1 Å². The molecule has 88 valence electrons. The predicted molar refractivity (Wildman–Crippen MR) is 68.8 cm³/mol. The van der Waals surface area contributed by atoms with Gasteiger partial charge < -0.3 is 15.5 Å². The van der Waals surface area contributed by atoms with Gasteiger partial charge in [-0.25, -0.2) is 0 Å². The number of nitrogens with zero attached hydrogens (tertiary/aromatic N) is 1. The number of nitrogens with two attached hydrogens (primary N) is 1. The highest BCUT2D eigenvalue weighted by atomic mass is 79.9. The van der Waals surface area contributed by atoms with Crippen LogP contribution in [0.5, 0.6) is 0 Å². The van der Waals surface area contributed by atoms with Crippen LogP contribution in [0.15, 0.2) is 27.4 Å². The summed E-state index contributed by atoms with van der Waals surface area (Å²) in [5.41, 5.74) is 5.94. The van der Waals surface area contributed by atoms with Gasteiger partial charge in [0, 0.05) is 0 Å². The Balaban J connectivity index is 2.18. The molecule has 2 aromatic rings. The molecule has 2 heterocycles. The van der Waals surface area contributed by atoms with Crippen LogP contribution in [0.3, 0.4) is 0 Å². The minimum Gasteiger partial charge on any atom is -0.444 e. The van der Waals surface area contributed by atoms with Crippen LogP contribution in [0.25, 0.3) is 0 Å². The van der Waals surface area contributed by atoms with Crippen LogP contribution in [0, 0.1) is 0 Å². The molecule has 6 nitrogen and oxygen atoms in total. The van der Waals surface area contributed by atoms with Crippen molar-refractivity contribution in [3.8, 4) is 0 Å². The minimum absolute atomic E-state index is 0.148. The van der Waals surface area contributed by atoms with Gasteiger partial charge in [0.25, 0.3) is 5.91 Å². The van der Waals surface area contributed by atoms with Gasteiger partial charge in [0.2, 0.25) is 0 Å². The first-order chi connectivity index (χ1) is 8.08. The summed E-state index contributed by atoms with van der Waals surface area (Å²) in [5.74, 6) is 0.0906. The Labute approximate surface area is 110 Å². The van der Waals surface area contributed by atoms with Gasteiger partial charge in [0.15, 0.2) is 10.4 Å². The molecule has 8 heteroatoms. The zero-order chi connectivity index (χ0) is 12.4. The maximum Gasteiger partial charge on any atom is 0.292 e. The van der Waals surface area contributed by atoms with Gasteiger partial charge in [-0.3, -0.25) is 9.89 Å². The van der Waals surface area contributed by atoms with Crippen LogP contribution in [0.4, 0.5) is 5.82 Å². The van der Waals surface area contributed by atoms with E-state index in [0.29, 0.717) is 16.1 Å². The summed E-state index contributed by atoms with van der Waals surface area (Å²) in [5, 5.41) is 8.90. The Morgan fingerprint density at radius 1 is 1.59 bits per heavy atom. The molecule has 0 fully saturated rings. The largest absolute Gasteiger partial charge is 0.444 e. The van der Waals surface area contributed by atoms with Crippen molar-refractivity contribution in [2.75, 3.05) is 5.32 Å². The third kappa shape index (κ3) is 2.53. The van der Waals surface area contributed by atoms with E-state index in [0.717, 1.165) is 0 Å². The lowest BCUT2D eigenvalue weighted by atomic mass is 10.3. The summed E-state index contributed by atoms with van der Waals surface area (Å²) in [4.78, 5) is 11.9. The molecule has 0 aliphatic carbocycles. The minimum atomic E-state index is -0.419. The first-order valence-corrected chi connectivity index (χ1v) is 5.68. The monoisotopic (exact) mass is 314 g/mol. The number of nitrogens with one attached hydrogen (secondary N) is 2. The fourth-order valence-corrected chi connectivity index (χ4v) is 1.64. The Morgan fingerprint density at radius 3 is 2.94 bits per heavy atom. The number of anilines is 1. The molecule has 0 aliphatic heterocycles. The summed E-state index contributed by atoms with van der Waals surface area (Å²) in [6.07, 6.45) is 1.44. The molecule has 2 aromatic heterocycles. The molecule has 0 saturated carbocycles. The maximum absolute atomic E-state index is 11.7. The number of furan rings is 1. The van der Waals surface area contributed by atoms with Crippen LogP contribution in [-0.2, 0) is 0 Å². The van der Waals surface area contributed by atoms with Crippen LogP contribution < -0.4 is 11.1 Å². The molecule has 0 saturated heterocycles. The molecule has 0 radical (unpaired) electrons. The van der Waals surface area contributed by atoms with Crippen molar-refractivity contribution in [3.05, 3.63) is 34.3 Å². The second-order valence-electron chi connectivity index (χ2n) is 3.08. The number of halogens is 1. The molecule has 0 spiro atoms. The van der Waals surface area contributed by atoms with Crippen LogP contribution in [0.2, 0.25) is 0 Å². The summed E-state index contributed by atoms with van der Waals surface area (Å²) in [6.45, 7) is 0. The number of H-pyrrole nitrogens is 1. The van der Waals surface area contributed by atoms with Crippen molar-refractivity contribution in [1.29, 1.82) is 0 Å². The van der Waals surface area contributed by atoms with Crippen molar-refractivity contribution in [2.24, 2.45) is 5.73 Å². The second-order valence-corrected chi connectivity index (χ2v) is 4.30. The smallest absolute Gasteiger partial charge is 0.292 e. The lowest BCUT2D eigenvalue weighted by molar-refractivity contribution is 0.0995. The Bertz CT molecular complexity index is 577. The summed E-state index contributed by atoms with van der Waals surface area (Å²) in [7, 11) is 0. The highest BCUT2D eigenvalue weighted by Crippen LogP contribution is 2.16. The highest BCUT2D eigenvalue weighted by Gasteiger charge is 2.14. The van der Waals surface area contributed by atoms with E-state index < -0.39 is 5.91 Å². The SMILES string of the molecule is NC(=S)c1cn[nH]c1NC(=O)c1ccc(Br)o1. The average Bonchev–Trinajstić information content (AvgIpc) is 2.86. The standard InChI is InChI=1S/C9H7BrN4O2S/c10-6-2-1-5(16-6)9(15)13-8-4(7(11)17)3-12-14-8/h1-3H,(H2,11,17)(H2,12,13,14,15). The molecular formula is C9H7BrN4O2S. The zero-order valence-corrected chi connectivity index (χ0v) is 10.8. The Hall–Kier alpha value is -1.67. The fraction of sp³-hybridized carbons (Fsp3) is 0. The normalized spacial score (nSPS) is 10.2. The molecule has 0 bridgehead atoms. The van der Waals surface area contributed by atoms with E-state index in [1.807, 2.05) is 0 Å². The Kier molecular flexibility index (Phi) is 3.25. The van der Waals surface area contributed by atoms with Gasteiger partial charge in [0.05, 0.1) is 11.8 Å². The number of amides is 1. The van der Waals surface area contributed by atoms with Gasteiger partial charge in [-0.2, -0.15) is 5.10 Å². The second kappa shape index (κ2) is 4.68. The number of aromatic nitrogens is 2. The topological polar surface area (TPSA) is 96.9 Å². The summed E-state index contributed by atoms with van der Waals surface area (Å²) >= 11 is 7.92. The molecule has 0 aliphatic rings. The average molecular weight is 315 g/mol. The number of rotatable bonds is 3. The fourth-order valence-electron chi connectivity index (χ4n) is 1.18. The Morgan fingerprint density at radius 2 is 2.35 bits per heavy atom. The summed E-state index contributed by atoms with van der Waals surface area (Å²) < 4.78 is 5.57. The third-order valence-corrected chi connectivity index (χ3v) is 2.59. The third-order valence-electron chi connectivity index (χ3n) is 1.94. The maximum atomic E-state index is 11.7. The van der Waals surface area contributed by atoms with E-state index in [1.165, 1.54) is 12.3 Å². The highest BCUT2D eigenvalue weighted by molar-refractivity contribution is 9.10. The van der Waals surface area contributed by atoms with Gasteiger partial charge >= 0.3 is 0 Å². The van der Waals surface area contributed by atoms with Crippen LogP contribution in [-0.4, -0.2) is 21.1 Å². The quantitative estimate of drug-likeness (QED) is 0.748. The molecule has 17 heavy (non-hydrogen) atoms. The van der Waals surface area contributed by atoms with Gasteiger partial charge in [0.1, 0.15) is 10.8 Å². The first kappa shape index (κ1) is 11.8. The van der Waals surface area contributed by atoms with Crippen LogP contribution in [0.1, 0.15) is 16.1 Å². The molecule has 0 unspecified atom stereocenters. The van der Waals surface area contributed by atoms with Crippen molar-refractivity contribution in [3.63, 3.8) is 0 Å². The summed E-state index contributed by atoms with van der Waals surface area (Å²) in [6, 6.07) is 3.16. The van der Waals surface area contributed by atoms with Gasteiger partial charge in [-0.15, -0.1) is 0 Å². The lowest BCUT2D eigenvalue weighted by Gasteiger charge is -2.02. The number of aromatic amines is 1. The number of carbonyl (C=O) groups is 1. The van der Waals surface area contributed by atoms with Crippen molar-refractivity contribution in [2.45, 2.75) is 0 Å².